The fourth-order valence-corrected chi connectivity index (χ4v) is 2.49. The van der Waals surface area contributed by atoms with E-state index in [0.29, 0.717) is 11.3 Å². The molecule has 1 aromatic rings. The lowest BCUT2D eigenvalue weighted by Gasteiger charge is -2.36. The van der Waals surface area contributed by atoms with E-state index >= 15 is 0 Å². The molecule has 1 heterocycles. The average molecular weight is 248 g/mol. The smallest absolute Gasteiger partial charge is 0.257 e. The van der Waals surface area contributed by atoms with Gasteiger partial charge in [0.1, 0.15) is 5.75 Å². The van der Waals surface area contributed by atoms with Crippen molar-refractivity contribution < 1.29 is 9.53 Å². The average Bonchev–Trinajstić information content (AvgIpc) is 2.38. The molecule has 0 aromatic heterocycles. The molecule has 0 spiro atoms. The molecule has 4 nitrogen and oxygen atoms in total. The Morgan fingerprint density at radius 3 is 2.83 bits per heavy atom. The Morgan fingerprint density at radius 1 is 1.44 bits per heavy atom. The number of carbonyl (C=O) groups is 1. The van der Waals surface area contributed by atoms with Gasteiger partial charge in [0.2, 0.25) is 0 Å². The molecule has 1 fully saturated rings. The van der Waals surface area contributed by atoms with Gasteiger partial charge in [0.05, 0.1) is 12.7 Å². The Morgan fingerprint density at radius 2 is 2.17 bits per heavy atom. The summed E-state index contributed by atoms with van der Waals surface area (Å²) in [6, 6.07) is 7.74. The van der Waals surface area contributed by atoms with Crippen LogP contribution in [0.3, 0.4) is 0 Å². The van der Waals surface area contributed by atoms with Crippen molar-refractivity contribution in [2.24, 2.45) is 5.73 Å². The lowest BCUT2D eigenvalue weighted by Crippen LogP contribution is -2.48. The number of para-hydroxylation sites is 1. The van der Waals surface area contributed by atoms with Gasteiger partial charge in [-0.05, 0) is 31.9 Å². The number of nitrogens with zero attached hydrogens (tertiary/aromatic N) is 1. The van der Waals surface area contributed by atoms with Crippen LogP contribution < -0.4 is 10.5 Å². The highest BCUT2D eigenvalue weighted by Crippen LogP contribution is 2.23. The van der Waals surface area contributed by atoms with E-state index < -0.39 is 0 Å². The second-order valence-electron chi connectivity index (χ2n) is 4.83. The van der Waals surface area contributed by atoms with Crippen molar-refractivity contribution >= 4 is 5.91 Å². The second kappa shape index (κ2) is 5.40. The molecule has 2 rings (SSSR count). The molecule has 0 bridgehead atoms. The Kier molecular flexibility index (Phi) is 3.87. The van der Waals surface area contributed by atoms with Crippen molar-refractivity contribution in [3.63, 3.8) is 0 Å². The van der Waals surface area contributed by atoms with Gasteiger partial charge in [-0.15, -0.1) is 0 Å². The van der Waals surface area contributed by atoms with Crippen molar-refractivity contribution in [2.45, 2.75) is 31.8 Å². The minimum absolute atomic E-state index is 0.0341. The van der Waals surface area contributed by atoms with Gasteiger partial charge in [0.25, 0.3) is 5.91 Å². The molecule has 4 heteroatoms. The second-order valence-corrected chi connectivity index (χ2v) is 4.83. The number of nitrogens with two attached hydrogens (primary N) is 1. The number of hydrogen-bond donors (Lipinski definition) is 1. The third-order valence-corrected chi connectivity index (χ3v) is 3.51. The first kappa shape index (κ1) is 12.9. The molecule has 0 radical (unpaired) electrons. The number of piperidine rings is 1. The number of benzene rings is 1. The molecule has 1 amide bonds. The van der Waals surface area contributed by atoms with Crippen LogP contribution in [0.15, 0.2) is 24.3 Å². The lowest BCUT2D eigenvalue weighted by molar-refractivity contribution is 0.0615. The first-order valence-corrected chi connectivity index (χ1v) is 6.33. The van der Waals surface area contributed by atoms with Crippen LogP contribution in [0.25, 0.3) is 0 Å². The van der Waals surface area contributed by atoms with Gasteiger partial charge >= 0.3 is 0 Å². The maximum absolute atomic E-state index is 12.5. The van der Waals surface area contributed by atoms with Gasteiger partial charge in [-0.25, -0.2) is 0 Å². The Bertz CT molecular complexity index is 434. The summed E-state index contributed by atoms with van der Waals surface area (Å²) in [6.07, 6.45) is 1.73. The fraction of sp³-hybridized carbons (Fsp3) is 0.500. The van der Waals surface area contributed by atoms with Crippen LogP contribution in [0, 0.1) is 0 Å². The van der Waals surface area contributed by atoms with Crippen LogP contribution in [0.5, 0.6) is 5.75 Å². The molecule has 2 unspecified atom stereocenters. The zero-order valence-electron chi connectivity index (χ0n) is 10.9. The summed E-state index contributed by atoms with van der Waals surface area (Å²) < 4.78 is 5.24. The maximum Gasteiger partial charge on any atom is 0.257 e. The molecule has 1 saturated heterocycles. The predicted octanol–water partition coefficient (Wildman–Crippen LogP) is 1.65. The molecule has 1 aromatic carbocycles. The molecule has 2 atom stereocenters. The van der Waals surface area contributed by atoms with Crippen LogP contribution in [0.4, 0.5) is 0 Å². The SMILES string of the molecule is COc1ccccc1C(=O)N1CCC(N)CC1C. The van der Waals surface area contributed by atoms with E-state index in [1.165, 1.54) is 0 Å². The van der Waals surface area contributed by atoms with Crippen molar-refractivity contribution in [3.05, 3.63) is 29.8 Å². The first-order valence-electron chi connectivity index (χ1n) is 6.33. The minimum Gasteiger partial charge on any atom is -0.496 e. The van der Waals surface area contributed by atoms with Gasteiger partial charge in [-0.1, -0.05) is 12.1 Å². The van der Waals surface area contributed by atoms with Gasteiger partial charge < -0.3 is 15.4 Å². The number of amides is 1. The van der Waals surface area contributed by atoms with Crippen LogP contribution in [0.1, 0.15) is 30.1 Å². The summed E-state index contributed by atoms with van der Waals surface area (Å²) in [5, 5.41) is 0. The molecule has 0 aliphatic carbocycles. The summed E-state index contributed by atoms with van der Waals surface area (Å²) in [5.41, 5.74) is 6.55. The normalized spacial score (nSPS) is 23.8. The first-order chi connectivity index (χ1) is 8.63. The molecule has 98 valence electrons. The van der Waals surface area contributed by atoms with Gasteiger partial charge in [0.15, 0.2) is 0 Å². The summed E-state index contributed by atoms with van der Waals surface area (Å²) in [5.74, 6) is 0.663. The molecule has 0 saturated carbocycles. The molecule has 1 aliphatic rings. The zero-order chi connectivity index (χ0) is 13.1. The number of hydrogen-bond acceptors (Lipinski definition) is 3. The van der Waals surface area contributed by atoms with Crippen molar-refractivity contribution in [3.8, 4) is 5.75 Å². The van der Waals surface area contributed by atoms with E-state index in [4.69, 9.17) is 10.5 Å². The Hall–Kier alpha value is -1.55. The number of likely N-dealkylation sites (tertiary alicyclic amines) is 1. The standard InChI is InChI=1S/C14H20N2O2/c1-10-9-11(15)7-8-16(10)14(17)12-5-3-4-6-13(12)18-2/h3-6,10-11H,7-9,15H2,1-2H3. The lowest BCUT2D eigenvalue weighted by atomic mass is 9.98. The van der Waals surface area contributed by atoms with Crippen LogP contribution in [-0.2, 0) is 0 Å². The van der Waals surface area contributed by atoms with Gasteiger partial charge in [-0.3, -0.25) is 4.79 Å². The van der Waals surface area contributed by atoms with Crippen molar-refractivity contribution in [1.82, 2.24) is 4.90 Å². The van der Waals surface area contributed by atoms with Crippen LogP contribution in [0.2, 0.25) is 0 Å². The van der Waals surface area contributed by atoms with Crippen molar-refractivity contribution in [1.29, 1.82) is 0 Å². The third kappa shape index (κ3) is 2.48. The minimum atomic E-state index is 0.0341. The molecular formula is C14H20N2O2. The fourth-order valence-electron chi connectivity index (χ4n) is 2.49. The Balaban J connectivity index is 2.20. The zero-order valence-corrected chi connectivity index (χ0v) is 10.9. The highest BCUT2D eigenvalue weighted by molar-refractivity contribution is 5.97. The molecule has 2 N–H and O–H groups in total. The van der Waals surface area contributed by atoms with Crippen molar-refractivity contribution in [2.75, 3.05) is 13.7 Å². The summed E-state index contributed by atoms with van der Waals surface area (Å²) in [6.45, 7) is 2.77. The van der Waals surface area contributed by atoms with Gasteiger partial charge in [-0.2, -0.15) is 0 Å². The van der Waals surface area contributed by atoms with Crippen LogP contribution >= 0.6 is 0 Å². The number of rotatable bonds is 2. The monoisotopic (exact) mass is 248 g/mol. The van der Waals surface area contributed by atoms with E-state index in [9.17, 15) is 4.79 Å². The number of carbonyl (C=O) groups excluding carboxylic acids is 1. The van der Waals surface area contributed by atoms with E-state index in [2.05, 4.69) is 0 Å². The number of methoxy groups -OCH3 is 1. The topological polar surface area (TPSA) is 55.6 Å². The summed E-state index contributed by atoms with van der Waals surface area (Å²) >= 11 is 0. The van der Waals surface area contributed by atoms with E-state index in [1.54, 1.807) is 7.11 Å². The highest BCUT2D eigenvalue weighted by Gasteiger charge is 2.28. The van der Waals surface area contributed by atoms with E-state index in [1.807, 2.05) is 36.1 Å². The van der Waals surface area contributed by atoms with Crippen LogP contribution in [-0.4, -0.2) is 36.5 Å². The molecular weight excluding hydrogens is 228 g/mol. The molecule has 1 aliphatic heterocycles. The molecule has 18 heavy (non-hydrogen) atoms. The summed E-state index contributed by atoms with van der Waals surface area (Å²) in [4.78, 5) is 14.4. The quantitative estimate of drug-likeness (QED) is 0.865. The van der Waals surface area contributed by atoms with E-state index in [-0.39, 0.29) is 18.0 Å². The largest absolute Gasteiger partial charge is 0.496 e. The number of ether oxygens (including phenoxy) is 1. The summed E-state index contributed by atoms with van der Waals surface area (Å²) in [7, 11) is 1.58. The highest BCUT2D eigenvalue weighted by atomic mass is 16.5. The third-order valence-electron chi connectivity index (χ3n) is 3.51. The van der Waals surface area contributed by atoms with Gasteiger partial charge in [0, 0.05) is 18.6 Å². The van der Waals surface area contributed by atoms with E-state index in [0.717, 1.165) is 19.4 Å². The predicted molar refractivity (Wildman–Crippen MR) is 70.7 cm³/mol. The Labute approximate surface area is 108 Å². The maximum atomic E-state index is 12.5.